The molecule has 1 aromatic heterocycles. The van der Waals surface area contributed by atoms with Crippen LogP contribution in [0.5, 0.6) is 0 Å². The average Bonchev–Trinajstić information content (AvgIpc) is 2.72. The van der Waals surface area contributed by atoms with E-state index in [0.717, 1.165) is 23.6 Å². The number of thiazole rings is 1. The maximum atomic E-state index is 12.9. The van der Waals surface area contributed by atoms with Gasteiger partial charge < -0.3 is 5.73 Å². The van der Waals surface area contributed by atoms with Crippen molar-refractivity contribution in [2.45, 2.75) is 12.4 Å². The van der Waals surface area contributed by atoms with Crippen molar-refractivity contribution < 1.29 is 26.3 Å². The van der Waals surface area contributed by atoms with Crippen molar-refractivity contribution in [1.82, 2.24) is 4.98 Å². The molecule has 20 heavy (non-hydrogen) atoms. The summed E-state index contributed by atoms with van der Waals surface area (Å²) in [5.41, 5.74) is 2.22. The largest absolute Gasteiger partial charge is 0.417 e. The van der Waals surface area contributed by atoms with Gasteiger partial charge in [0, 0.05) is 11.8 Å². The first-order chi connectivity index (χ1) is 9.09. The van der Waals surface area contributed by atoms with Gasteiger partial charge in [-0.1, -0.05) is 17.4 Å². The van der Waals surface area contributed by atoms with Crippen molar-refractivity contribution in [1.29, 1.82) is 0 Å². The predicted octanol–water partition coefficient (Wildman–Crippen LogP) is 4.43. The van der Waals surface area contributed by atoms with E-state index in [4.69, 9.17) is 5.73 Å². The fourth-order valence-corrected chi connectivity index (χ4v) is 2.31. The second-order valence-electron chi connectivity index (χ2n) is 3.82. The van der Waals surface area contributed by atoms with Gasteiger partial charge in [-0.15, -0.1) is 0 Å². The van der Waals surface area contributed by atoms with Crippen LogP contribution in [0.3, 0.4) is 0 Å². The summed E-state index contributed by atoms with van der Waals surface area (Å²) in [6.45, 7) is 0. The third-order valence-corrected chi connectivity index (χ3v) is 3.30. The minimum Gasteiger partial charge on any atom is -0.375 e. The summed E-state index contributed by atoms with van der Waals surface area (Å²) in [6, 6.07) is 1.46. The van der Waals surface area contributed by atoms with Crippen molar-refractivity contribution >= 4 is 16.5 Å². The number of benzene rings is 1. The molecule has 1 aromatic carbocycles. The molecule has 0 unspecified atom stereocenters. The molecule has 9 heteroatoms. The zero-order valence-electron chi connectivity index (χ0n) is 9.51. The van der Waals surface area contributed by atoms with E-state index in [9.17, 15) is 26.3 Å². The molecule has 2 rings (SSSR count). The number of alkyl halides is 6. The predicted molar refractivity (Wildman–Crippen MR) is 62.0 cm³/mol. The number of nitrogens with two attached hydrogens (primary N) is 1. The van der Waals surface area contributed by atoms with Crippen LogP contribution in [0.4, 0.5) is 31.5 Å². The summed E-state index contributed by atoms with van der Waals surface area (Å²) in [7, 11) is 0. The van der Waals surface area contributed by atoms with Gasteiger partial charge in [-0.05, 0) is 12.1 Å². The maximum Gasteiger partial charge on any atom is 0.417 e. The number of rotatable bonds is 1. The van der Waals surface area contributed by atoms with Crippen LogP contribution in [-0.4, -0.2) is 4.98 Å². The van der Waals surface area contributed by atoms with E-state index < -0.39 is 23.5 Å². The summed E-state index contributed by atoms with van der Waals surface area (Å²) < 4.78 is 76.2. The molecule has 0 spiro atoms. The first-order valence-electron chi connectivity index (χ1n) is 5.09. The number of nitrogen functional groups attached to an aromatic ring is 1. The molecular weight excluding hydrogens is 306 g/mol. The van der Waals surface area contributed by atoms with Gasteiger partial charge in [0.05, 0.1) is 16.0 Å². The van der Waals surface area contributed by atoms with Crippen molar-refractivity contribution in [2.24, 2.45) is 0 Å². The fourth-order valence-electron chi connectivity index (χ4n) is 1.58. The molecule has 0 bridgehead atoms. The summed E-state index contributed by atoms with van der Waals surface area (Å²) in [6.07, 6.45) is -8.65. The lowest BCUT2D eigenvalue weighted by Crippen LogP contribution is -2.11. The molecule has 2 nitrogen and oxygen atoms in total. The molecule has 0 aliphatic carbocycles. The molecule has 108 valence electrons. The third-order valence-electron chi connectivity index (χ3n) is 2.44. The Morgan fingerprint density at radius 1 is 1.00 bits per heavy atom. The summed E-state index contributed by atoms with van der Waals surface area (Å²) in [4.78, 5) is 3.65. The molecule has 0 saturated carbocycles. The highest BCUT2D eigenvalue weighted by atomic mass is 32.1. The fraction of sp³-hybridized carbons (Fsp3) is 0.182. The van der Waals surface area contributed by atoms with E-state index in [-0.39, 0.29) is 21.6 Å². The second-order valence-corrected chi connectivity index (χ2v) is 4.88. The smallest absolute Gasteiger partial charge is 0.375 e. The zero-order valence-corrected chi connectivity index (χ0v) is 10.3. The Kier molecular flexibility index (Phi) is 3.41. The molecular formula is C11H6F6N2S. The summed E-state index contributed by atoms with van der Waals surface area (Å²) in [5.74, 6) is 0. The Morgan fingerprint density at radius 2 is 1.65 bits per heavy atom. The molecule has 0 fully saturated rings. The topological polar surface area (TPSA) is 38.9 Å². The van der Waals surface area contributed by atoms with Crippen LogP contribution in [0.2, 0.25) is 0 Å². The molecule has 0 amide bonds. The van der Waals surface area contributed by atoms with Gasteiger partial charge in [0.1, 0.15) is 0 Å². The summed E-state index contributed by atoms with van der Waals surface area (Å²) >= 11 is 0.770. The highest BCUT2D eigenvalue weighted by Crippen LogP contribution is 2.42. The van der Waals surface area contributed by atoms with E-state index in [1.54, 1.807) is 0 Å². The Bertz CT molecular complexity index is 629. The number of halogens is 6. The molecule has 0 radical (unpaired) electrons. The van der Waals surface area contributed by atoms with Crippen LogP contribution >= 0.6 is 11.3 Å². The van der Waals surface area contributed by atoms with Crippen molar-refractivity contribution in [3.8, 4) is 10.4 Å². The van der Waals surface area contributed by atoms with Crippen LogP contribution in [0.1, 0.15) is 11.1 Å². The average molecular weight is 312 g/mol. The van der Waals surface area contributed by atoms with Crippen LogP contribution < -0.4 is 5.73 Å². The van der Waals surface area contributed by atoms with Crippen LogP contribution in [0.15, 0.2) is 24.4 Å². The quantitative estimate of drug-likeness (QED) is 0.791. The number of hydrogen-bond acceptors (Lipinski definition) is 3. The number of anilines is 1. The Hall–Kier alpha value is -1.77. The molecule has 0 aliphatic heterocycles. The minimum absolute atomic E-state index is 0.0352. The van der Waals surface area contributed by atoms with E-state index >= 15 is 0 Å². The van der Waals surface area contributed by atoms with E-state index in [1.165, 1.54) is 0 Å². The van der Waals surface area contributed by atoms with Gasteiger partial charge >= 0.3 is 12.4 Å². The van der Waals surface area contributed by atoms with Gasteiger partial charge in [-0.25, -0.2) is 4.98 Å². The standard InChI is InChI=1S/C11H6F6N2S/c12-10(13,14)5-1-2-6(7(3-5)11(15,16)17)8-4-19-9(18)20-8/h1-4H,(H2,18,19). The van der Waals surface area contributed by atoms with Gasteiger partial charge in [0.2, 0.25) is 0 Å². The minimum atomic E-state index is -4.91. The molecule has 0 aliphatic rings. The molecule has 0 atom stereocenters. The normalized spacial score (nSPS) is 12.7. The van der Waals surface area contributed by atoms with Crippen molar-refractivity contribution in [2.75, 3.05) is 5.73 Å². The van der Waals surface area contributed by atoms with Crippen molar-refractivity contribution in [3.63, 3.8) is 0 Å². The highest BCUT2D eigenvalue weighted by Gasteiger charge is 2.38. The van der Waals surface area contributed by atoms with E-state index in [2.05, 4.69) is 4.98 Å². The van der Waals surface area contributed by atoms with Crippen LogP contribution in [0.25, 0.3) is 10.4 Å². The third kappa shape index (κ3) is 2.87. The first-order valence-corrected chi connectivity index (χ1v) is 5.91. The Morgan fingerprint density at radius 3 is 2.10 bits per heavy atom. The lowest BCUT2D eigenvalue weighted by molar-refractivity contribution is -0.142. The van der Waals surface area contributed by atoms with E-state index in [0.29, 0.717) is 6.07 Å². The lowest BCUT2D eigenvalue weighted by atomic mass is 10.0. The number of hydrogen-bond donors (Lipinski definition) is 1. The van der Waals surface area contributed by atoms with Gasteiger partial charge in [-0.3, -0.25) is 0 Å². The Labute approximate surface area is 112 Å². The molecule has 0 saturated heterocycles. The summed E-state index contributed by atoms with van der Waals surface area (Å²) in [5, 5.41) is 0.0352. The van der Waals surface area contributed by atoms with Crippen LogP contribution in [-0.2, 0) is 12.4 Å². The van der Waals surface area contributed by atoms with E-state index in [1.807, 2.05) is 0 Å². The molecule has 1 heterocycles. The number of aromatic nitrogens is 1. The monoisotopic (exact) mass is 312 g/mol. The number of nitrogens with zero attached hydrogens (tertiary/aromatic N) is 1. The Balaban J connectivity index is 2.64. The van der Waals surface area contributed by atoms with Crippen LogP contribution in [0, 0.1) is 0 Å². The molecule has 2 N–H and O–H groups in total. The SMILES string of the molecule is Nc1ncc(-c2ccc(C(F)(F)F)cc2C(F)(F)F)s1. The second kappa shape index (κ2) is 4.65. The van der Waals surface area contributed by atoms with Gasteiger partial charge in [-0.2, -0.15) is 26.3 Å². The molecule has 2 aromatic rings. The van der Waals surface area contributed by atoms with Crippen molar-refractivity contribution in [3.05, 3.63) is 35.5 Å². The maximum absolute atomic E-state index is 12.9. The zero-order chi connectivity index (χ0) is 15.1. The van der Waals surface area contributed by atoms with Gasteiger partial charge in [0.25, 0.3) is 0 Å². The van der Waals surface area contributed by atoms with Gasteiger partial charge in [0.15, 0.2) is 5.13 Å². The highest BCUT2D eigenvalue weighted by molar-refractivity contribution is 7.18. The first kappa shape index (κ1) is 14.6. The lowest BCUT2D eigenvalue weighted by Gasteiger charge is -2.14.